The largest absolute Gasteiger partial charge is 0.473 e. The Kier molecular flexibility index (Phi) is 5.20. The number of thiophene rings is 1. The molecule has 0 atom stereocenters. The van der Waals surface area contributed by atoms with Gasteiger partial charge in [-0.2, -0.15) is 0 Å². The summed E-state index contributed by atoms with van der Waals surface area (Å²) in [6, 6.07) is 4.44. The van der Waals surface area contributed by atoms with E-state index in [1.54, 1.807) is 29.9 Å². The molecule has 5 nitrogen and oxygen atoms in total. The number of aromatic nitrogens is 2. The Morgan fingerprint density at radius 3 is 2.65 bits per heavy atom. The minimum Gasteiger partial charge on any atom is -0.473 e. The van der Waals surface area contributed by atoms with E-state index in [0.717, 1.165) is 51.4 Å². The summed E-state index contributed by atoms with van der Waals surface area (Å²) >= 11 is 1.72. The van der Waals surface area contributed by atoms with Gasteiger partial charge in [-0.05, 0) is 50.0 Å². The summed E-state index contributed by atoms with van der Waals surface area (Å²) in [5.41, 5.74) is -0.291. The molecule has 4 rings (SSSR count). The standard InChI is InChI=1S/C20H25N3O2S/c24-19(20(9-1-2-10-20)17-4-3-13-26-17)23-15-5-7-16(8-6-15)25-18-14-21-11-12-22-18/h3-4,11-16H,1-2,5-10H2,(H,23,24). The Morgan fingerprint density at radius 2 is 2.00 bits per heavy atom. The topological polar surface area (TPSA) is 64.1 Å². The van der Waals surface area contributed by atoms with E-state index < -0.39 is 0 Å². The molecular formula is C20H25N3O2S. The normalized spacial score (nSPS) is 24.9. The zero-order chi connectivity index (χ0) is 17.8. The number of ether oxygens (including phenoxy) is 1. The number of hydrogen-bond donors (Lipinski definition) is 1. The van der Waals surface area contributed by atoms with E-state index in [4.69, 9.17) is 4.74 Å². The van der Waals surface area contributed by atoms with Gasteiger partial charge in [0.05, 0.1) is 11.6 Å². The number of nitrogens with one attached hydrogen (secondary N) is 1. The minimum atomic E-state index is -0.291. The number of rotatable bonds is 5. The Morgan fingerprint density at radius 1 is 1.19 bits per heavy atom. The number of carbonyl (C=O) groups is 1. The van der Waals surface area contributed by atoms with Crippen molar-refractivity contribution in [3.05, 3.63) is 41.0 Å². The first-order valence-corrected chi connectivity index (χ1v) is 10.4. The predicted octanol–water partition coefficient (Wildman–Crippen LogP) is 3.86. The fraction of sp³-hybridized carbons (Fsp3) is 0.550. The maximum atomic E-state index is 13.2. The van der Waals surface area contributed by atoms with Crippen LogP contribution in [0.1, 0.15) is 56.2 Å². The second kappa shape index (κ2) is 7.74. The van der Waals surface area contributed by atoms with Crippen molar-refractivity contribution in [3.8, 4) is 5.88 Å². The quantitative estimate of drug-likeness (QED) is 0.867. The van der Waals surface area contributed by atoms with E-state index in [2.05, 4.69) is 32.8 Å². The first kappa shape index (κ1) is 17.5. The van der Waals surface area contributed by atoms with Gasteiger partial charge >= 0.3 is 0 Å². The lowest BCUT2D eigenvalue weighted by Gasteiger charge is -2.33. The van der Waals surface area contributed by atoms with E-state index >= 15 is 0 Å². The molecule has 1 amide bonds. The first-order valence-electron chi connectivity index (χ1n) is 9.54. The summed E-state index contributed by atoms with van der Waals surface area (Å²) in [6.07, 6.45) is 13.1. The third kappa shape index (κ3) is 3.61. The van der Waals surface area contributed by atoms with E-state index in [-0.39, 0.29) is 23.5 Å². The lowest BCUT2D eigenvalue weighted by Crippen LogP contribution is -2.48. The van der Waals surface area contributed by atoms with Crippen molar-refractivity contribution in [2.45, 2.75) is 68.9 Å². The van der Waals surface area contributed by atoms with Crippen LogP contribution in [0.25, 0.3) is 0 Å². The van der Waals surface area contributed by atoms with Gasteiger partial charge in [0.1, 0.15) is 6.10 Å². The molecule has 2 fully saturated rings. The van der Waals surface area contributed by atoms with Gasteiger partial charge in [-0.3, -0.25) is 9.78 Å². The molecule has 2 aliphatic rings. The molecule has 0 unspecified atom stereocenters. The summed E-state index contributed by atoms with van der Waals surface area (Å²) in [5.74, 6) is 0.818. The highest BCUT2D eigenvalue weighted by Gasteiger charge is 2.44. The molecule has 0 aromatic carbocycles. The van der Waals surface area contributed by atoms with Crippen LogP contribution in [0.2, 0.25) is 0 Å². The van der Waals surface area contributed by atoms with Crippen LogP contribution in [0.3, 0.4) is 0 Å². The van der Waals surface area contributed by atoms with E-state index in [9.17, 15) is 4.79 Å². The fourth-order valence-corrected chi connectivity index (χ4v) is 5.26. The highest BCUT2D eigenvalue weighted by atomic mass is 32.1. The van der Waals surface area contributed by atoms with Crippen LogP contribution in [0.15, 0.2) is 36.1 Å². The van der Waals surface area contributed by atoms with Gasteiger partial charge < -0.3 is 10.1 Å². The van der Waals surface area contributed by atoms with Gasteiger partial charge in [-0.25, -0.2) is 4.98 Å². The number of carbonyl (C=O) groups excluding carboxylic acids is 1. The maximum absolute atomic E-state index is 13.2. The van der Waals surface area contributed by atoms with Gasteiger partial charge in [0.2, 0.25) is 11.8 Å². The Labute approximate surface area is 158 Å². The maximum Gasteiger partial charge on any atom is 0.232 e. The molecule has 6 heteroatoms. The average molecular weight is 372 g/mol. The Hall–Kier alpha value is -1.95. The van der Waals surface area contributed by atoms with Crippen molar-refractivity contribution >= 4 is 17.2 Å². The first-order chi connectivity index (χ1) is 12.8. The molecule has 138 valence electrons. The van der Waals surface area contributed by atoms with Gasteiger partial charge in [0.25, 0.3) is 0 Å². The lowest BCUT2D eigenvalue weighted by molar-refractivity contribution is -0.127. The molecule has 2 aromatic heterocycles. The molecule has 2 aromatic rings. The second-order valence-corrected chi connectivity index (χ2v) is 8.32. The molecule has 0 radical (unpaired) electrons. The van der Waals surface area contributed by atoms with Crippen molar-refractivity contribution in [2.24, 2.45) is 0 Å². The lowest BCUT2D eigenvalue weighted by atomic mass is 9.82. The van der Waals surface area contributed by atoms with Gasteiger partial charge in [-0.1, -0.05) is 18.9 Å². The zero-order valence-electron chi connectivity index (χ0n) is 14.9. The van der Waals surface area contributed by atoms with Crippen molar-refractivity contribution < 1.29 is 9.53 Å². The monoisotopic (exact) mass is 371 g/mol. The molecule has 2 heterocycles. The fourth-order valence-electron chi connectivity index (χ4n) is 4.28. The molecule has 0 spiro atoms. The third-order valence-corrected chi connectivity index (χ3v) is 6.79. The minimum absolute atomic E-state index is 0.164. The highest BCUT2D eigenvalue weighted by molar-refractivity contribution is 7.10. The molecule has 2 saturated carbocycles. The Balaban J connectivity index is 1.33. The SMILES string of the molecule is O=C(NC1CCC(Oc2cnccn2)CC1)C1(c2cccs2)CCCC1. The summed E-state index contributed by atoms with van der Waals surface area (Å²) in [4.78, 5) is 22.6. The van der Waals surface area contributed by atoms with E-state index in [1.807, 2.05) is 0 Å². The molecular weight excluding hydrogens is 346 g/mol. The van der Waals surface area contributed by atoms with Gasteiger partial charge in [0, 0.05) is 23.3 Å². The van der Waals surface area contributed by atoms with Crippen molar-refractivity contribution in [2.75, 3.05) is 0 Å². The summed E-state index contributed by atoms with van der Waals surface area (Å²) in [5, 5.41) is 5.44. The smallest absolute Gasteiger partial charge is 0.232 e. The molecule has 1 N–H and O–H groups in total. The van der Waals surface area contributed by atoms with Crippen molar-refractivity contribution in [1.82, 2.24) is 15.3 Å². The zero-order valence-corrected chi connectivity index (χ0v) is 15.7. The highest BCUT2D eigenvalue weighted by Crippen LogP contribution is 2.43. The van der Waals surface area contributed by atoms with E-state index in [0.29, 0.717) is 5.88 Å². The number of nitrogens with zero attached hydrogens (tertiary/aromatic N) is 2. The second-order valence-electron chi connectivity index (χ2n) is 7.38. The molecule has 0 aliphatic heterocycles. The van der Waals surface area contributed by atoms with Crippen LogP contribution in [-0.4, -0.2) is 28.0 Å². The molecule has 0 bridgehead atoms. The van der Waals surface area contributed by atoms with Crippen LogP contribution in [0.4, 0.5) is 0 Å². The van der Waals surface area contributed by atoms with Crippen LogP contribution < -0.4 is 10.1 Å². The summed E-state index contributed by atoms with van der Waals surface area (Å²) < 4.78 is 5.90. The van der Waals surface area contributed by atoms with Crippen LogP contribution >= 0.6 is 11.3 Å². The van der Waals surface area contributed by atoms with Crippen LogP contribution in [-0.2, 0) is 10.2 Å². The number of amides is 1. The summed E-state index contributed by atoms with van der Waals surface area (Å²) in [7, 11) is 0. The van der Waals surface area contributed by atoms with Gasteiger partial charge in [0.15, 0.2) is 0 Å². The summed E-state index contributed by atoms with van der Waals surface area (Å²) in [6.45, 7) is 0. The Bertz CT molecular complexity index is 706. The van der Waals surface area contributed by atoms with E-state index in [1.165, 1.54) is 4.88 Å². The molecule has 2 aliphatic carbocycles. The average Bonchev–Trinajstić information content (AvgIpc) is 3.37. The van der Waals surface area contributed by atoms with Crippen LogP contribution in [0.5, 0.6) is 5.88 Å². The van der Waals surface area contributed by atoms with Crippen molar-refractivity contribution in [1.29, 1.82) is 0 Å². The van der Waals surface area contributed by atoms with Crippen molar-refractivity contribution in [3.63, 3.8) is 0 Å². The molecule has 26 heavy (non-hydrogen) atoms. The predicted molar refractivity (Wildman–Crippen MR) is 101 cm³/mol. The van der Waals surface area contributed by atoms with Gasteiger partial charge in [-0.15, -0.1) is 11.3 Å². The van der Waals surface area contributed by atoms with Crippen LogP contribution in [0, 0.1) is 0 Å². The third-order valence-electron chi connectivity index (χ3n) is 5.72. The number of hydrogen-bond acceptors (Lipinski definition) is 5. The molecule has 0 saturated heterocycles.